The van der Waals surface area contributed by atoms with E-state index < -0.39 is 10.0 Å². The van der Waals surface area contributed by atoms with Gasteiger partial charge in [-0.25, -0.2) is 8.42 Å². The van der Waals surface area contributed by atoms with Gasteiger partial charge in [0.2, 0.25) is 0 Å². The van der Waals surface area contributed by atoms with Gasteiger partial charge in [0, 0.05) is 6.20 Å². The van der Waals surface area contributed by atoms with E-state index in [1.165, 1.54) is 6.20 Å². The van der Waals surface area contributed by atoms with Gasteiger partial charge in [-0.3, -0.25) is 9.40 Å². The number of aromatic nitrogens is 2. The number of aryl methyl sites for hydroxylation is 1. The largest absolute Gasteiger partial charge is 0.276 e. The van der Waals surface area contributed by atoms with Crippen LogP contribution >= 0.6 is 0 Å². The van der Waals surface area contributed by atoms with Crippen molar-refractivity contribution in [3.05, 3.63) is 78.1 Å². The molecule has 26 heavy (non-hydrogen) atoms. The van der Waals surface area contributed by atoms with Gasteiger partial charge in [-0.2, -0.15) is 5.10 Å². The van der Waals surface area contributed by atoms with Gasteiger partial charge in [0.15, 0.2) is 0 Å². The van der Waals surface area contributed by atoms with Crippen molar-refractivity contribution in [1.82, 2.24) is 9.78 Å². The molecule has 136 valence electrons. The lowest BCUT2D eigenvalue weighted by atomic mass is 10.1. The molecule has 0 unspecified atom stereocenters. The van der Waals surface area contributed by atoms with Crippen LogP contribution in [0.4, 0.5) is 5.69 Å². The van der Waals surface area contributed by atoms with Crippen LogP contribution < -0.4 is 4.72 Å². The van der Waals surface area contributed by atoms with Crippen LogP contribution in [0.25, 0.3) is 0 Å². The number of anilines is 1. The highest BCUT2D eigenvalue weighted by molar-refractivity contribution is 7.92. The van der Waals surface area contributed by atoms with Crippen molar-refractivity contribution in [1.29, 1.82) is 0 Å². The second-order valence-corrected chi connectivity index (χ2v) is 7.95. The summed E-state index contributed by atoms with van der Waals surface area (Å²) in [5.74, 6) is 0. The third-order valence-electron chi connectivity index (χ3n) is 4.13. The summed E-state index contributed by atoms with van der Waals surface area (Å²) in [6, 6.07) is 17.0. The normalized spacial score (nSPS) is 11.4. The molecule has 3 aromatic rings. The summed E-state index contributed by atoms with van der Waals surface area (Å²) >= 11 is 0. The zero-order valence-electron chi connectivity index (χ0n) is 14.8. The van der Waals surface area contributed by atoms with E-state index in [4.69, 9.17) is 0 Å². The fourth-order valence-corrected chi connectivity index (χ4v) is 3.73. The Bertz CT molecular complexity index is 933. The molecule has 3 rings (SSSR count). The van der Waals surface area contributed by atoms with Gasteiger partial charge in [-0.15, -0.1) is 0 Å². The number of hydrogen-bond acceptors (Lipinski definition) is 3. The average Bonchev–Trinajstić information content (AvgIpc) is 3.07. The lowest BCUT2D eigenvalue weighted by Gasteiger charge is -2.07. The van der Waals surface area contributed by atoms with E-state index in [1.54, 1.807) is 23.0 Å². The van der Waals surface area contributed by atoms with Crippen LogP contribution in [0.1, 0.15) is 30.9 Å². The Labute approximate surface area is 154 Å². The highest BCUT2D eigenvalue weighted by Crippen LogP contribution is 2.17. The molecule has 0 saturated heterocycles. The van der Waals surface area contributed by atoms with E-state index in [1.807, 2.05) is 42.5 Å². The topological polar surface area (TPSA) is 64.0 Å². The zero-order chi connectivity index (χ0) is 18.4. The van der Waals surface area contributed by atoms with E-state index in [-0.39, 0.29) is 4.90 Å². The van der Waals surface area contributed by atoms with Gasteiger partial charge < -0.3 is 0 Å². The maximum Gasteiger partial charge on any atom is 0.261 e. The number of rotatable bonds is 8. The third kappa shape index (κ3) is 4.73. The van der Waals surface area contributed by atoms with Crippen molar-refractivity contribution < 1.29 is 8.42 Å². The minimum absolute atomic E-state index is 0.258. The molecule has 0 saturated carbocycles. The molecule has 0 radical (unpaired) electrons. The molecule has 0 aliphatic rings. The van der Waals surface area contributed by atoms with E-state index in [2.05, 4.69) is 16.7 Å². The molecule has 0 bridgehead atoms. The number of sulfonamides is 1. The molecule has 0 spiro atoms. The molecule has 0 aliphatic heterocycles. The van der Waals surface area contributed by atoms with E-state index >= 15 is 0 Å². The van der Waals surface area contributed by atoms with Crippen LogP contribution in [-0.4, -0.2) is 18.2 Å². The lowest BCUT2D eigenvalue weighted by molar-refractivity contribution is 0.601. The van der Waals surface area contributed by atoms with E-state index in [0.717, 1.165) is 30.4 Å². The minimum atomic E-state index is -3.61. The molecule has 6 heteroatoms. The molecular formula is C20H23N3O2S. The number of benzene rings is 2. The maximum atomic E-state index is 12.5. The lowest BCUT2D eigenvalue weighted by Crippen LogP contribution is -2.12. The van der Waals surface area contributed by atoms with Crippen LogP contribution in [0.3, 0.4) is 0 Å². The second-order valence-electron chi connectivity index (χ2n) is 6.27. The monoisotopic (exact) mass is 369 g/mol. The predicted molar refractivity (Wildman–Crippen MR) is 104 cm³/mol. The summed E-state index contributed by atoms with van der Waals surface area (Å²) in [7, 11) is -3.61. The second kappa shape index (κ2) is 8.19. The van der Waals surface area contributed by atoms with Gasteiger partial charge in [0.05, 0.1) is 23.3 Å². The van der Waals surface area contributed by atoms with Crippen LogP contribution in [0.5, 0.6) is 0 Å². The molecule has 0 aliphatic carbocycles. The molecule has 0 atom stereocenters. The number of nitrogens with one attached hydrogen (secondary N) is 1. The van der Waals surface area contributed by atoms with Crippen LogP contribution in [0.2, 0.25) is 0 Å². The van der Waals surface area contributed by atoms with Gasteiger partial charge in [0.25, 0.3) is 10.0 Å². The van der Waals surface area contributed by atoms with Crippen LogP contribution in [0.15, 0.2) is 71.9 Å². The first-order chi connectivity index (χ1) is 12.6. The first kappa shape index (κ1) is 18.2. The zero-order valence-corrected chi connectivity index (χ0v) is 15.6. The van der Waals surface area contributed by atoms with Crippen molar-refractivity contribution >= 4 is 15.7 Å². The number of nitrogens with zero attached hydrogens (tertiary/aromatic N) is 2. The van der Waals surface area contributed by atoms with Crippen molar-refractivity contribution in [2.45, 2.75) is 37.6 Å². The molecular weight excluding hydrogens is 346 g/mol. The number of unbranched alkanes of at least 4 members (excludes halogenated alkanes) is 1. The van der Waals surface area contributed by atoms with Crippen molar-refractivity contribution in [2.24, 2.45) is 0 Å². The van der Waals surface area contributed by atoms with Crippen molar-refractivity contribution in [2.75, 3.05) is 4.72 Å². The Kier molecular flexibility index (Phi) is 5.73. The molecule has 1 aromatic heterocycles. The summed E-state index contributed by atoms with van der Waals surface area (Å²) < 4.78 is 29.4. The summed E-state index contributed by atoms with van der Waals surface area (Å²) in [5, 5.41) is 4.23. The first-order valence-electron chi connectivity index (χ1n) is 8.75. The predicted octanol–water partition coefficient (Wildman–Crippen LogP) is 4.07. The summed E-state index contributed by atoms with van der Waals surface area (Å²) in [4.78, 5) is 0.258. The highest BCUT2D eigenvalue weighted by atomic mass is 32.2. The SMILES string of the molecule is CCCCc1ccc(S(=O)(=O)Nc2cnn(Cc3ccccc3)c2)cc1. The van der Waals surface area contributed by atoms with Crippen molar-refractivity contribution in [3.63, 3.8) is 0 Å². The maximum absolute atomic E-state index is 12.5. The van der Waals surface area contributed by atoms with Crippen molar-refractivity contribution in [3.8, 4) is 0 Å². The summed E-state index contributed by atoms with van der Waals surface area (Å²) in [6.07, 6.45) is 6.41. The van der Waals surface area contributed by atoms with Crippen LogP contribution in [-0.2, 0) is 23.0 Å². The van der Waals surface area contributed by atoms with Gasteiger partial charge >= 0.3 is 0 Å². The van der Waals surface area contributed by atoms with E-state index in [0.29, 0.717) is 12.2 Å². The average molecular weight is 369 g/mol. The van der Waals surface area contributed by atoms with Gasteiger partial charge in [-0.1, -0.05) is 55.8 Å². The molecule has 1 heterocycles. The van der Waals surface area contributed by atoms with Gasteiger partial charge in [0.1, 0.15) is 0 Å². The highest BCUT2D eigenvalue weighted by Gasteiger charge is 2.15. The Morgan fingerprint density at radius 2 is 1.73 bits per heavy atom. The third-order valence-corrected chi connectivity index (χ3v) is 5.52. The fraction of sp³-hybridized carbons (Fsp3) is 0.250. The Morgan fingerprint density at radius 3 is 2.42 bits per heavy atom. The first-order valence-corrected chi connectivity index (χ1v) is 10.2. The Hall–Kier alpha value is -2.60. The summed E-state index contributed by atoms with van der Waals surface area (Å²) in [6.45, 7) is 2.73. The summed E-state index contributed by atoms with van der Waals surface area (Å²) in [5.41, 5.74) is 2.71. The Balaban J connectivity index is 1.67. The standard InChI is InChI=1S/C20H23N3O2S/c1-2-3-7-17-10-12-20(13-11-17)26(24,25)22-19-14-21-23(16-19)15-18-8-5-4-6-9-18/h4-6,8-14,16,22H,2-3,7,15H2,1H3. The Morgan fingerprint density at radius 1 is 1.00 bits per heavy atom. The minimum Gasteiger partial charge on any atom is -0.276 e. The molecule has 0 amide bonds. The van der Waals surface area contributed by atoms with E-state index in [9.17, 15) is 8.42 Å². The van der Waals surface area contributed by atoms with Crippen LogP contribution in [0, 0.1) is 0 Å². The molecule has 0 fully saturated rings. The molecule has 2 aromatic carbocycles. The molecule has 1 N–H and O–H groups in total. The fourth-order valence-electron chi connectivity index (χ4n) is 2.70. The van der Waals surface area contributed by atoms with Gasteiger partial charge in [-0.05, 0) is 36.1 Å². The number of hydrogen-bond donors (Lipinski definition) is 1. The molecule has 5 nitrogen and oxygen atoms in total. The smallest absolute Gasteiger partial charge is 0.261 e. The quantitative estimate of drug-likeness (QED) is 0.651.